The van der Waals surface area contributed by atoms with Crippen LogP contribution in [0.5, 0.6) is 0 Å². The molecule has 0 saturated heterocycles. The Morgan fingerprint density at radius 2 is 1.75 bits per heavy atom. The van der Waals surface area contributed by atoms with E-state index >= 15 is 0 Å². The molecular weight excluding hydrogens is 286 g/mol. The molecule has 0 heterocycles. The second-order valence-corrected chi connectivity index (χ2v) is 5.06. The predicted octanol–water partition coefficient (Wildman–Crippen LogP) is 2.32. The van der Waals surface area contributed by atoms with E-state index in [1.54, 1.807) is 0 Å². The summed E-state index contributed by atoms with van der Waals surface area (Å²) in [6.45, 7) is 0. The minimum Gasteiger partial charge on any atom is -0.353 e. The average molecular weight is 305 g/mol. The number of hydrogen-bond acceptors (Lipinski definition) is 2. The van der Waals surface area contributed by atoms with Crippen molar-refractivity contribution in [3.8, 4) is 0 Å². The second kappa shape index (κ2) is 7.55. The van der Waals surface area contributed by atoms with E-state index in [1.165, 1.54) is 6.07 Å². The van der Waals surface area contributed by atoms with Crippen LogP contribution >= 0.6 is 12.4 Å². The van der Waals surface area contributed by atoms with Crippen molar-refractivity contribution < 1.29 is 13.6 Å². The molecule has 1 amide bonds. The first-order valence-corrected chi connectivity index (χ1v) is 6.54. The van der Waals surface area contributed by atoms with Gasteiger partial charge in [0.05, 0.1) is 6.42 Å². The lowest BCUT2D eigenvalue weighted by Gasteiger charge is -2.26. The van der Waals surface area contributed by atoms with Gasteiger partial charge in [-0.25, -0.2) is 8.78 Å². The second-order valence-electron chi connectivity index (χ2n) is 5.06. The molecule has 112 valence electrons. The molecule has 2 rings (SSSR count). The Hall–Kier alpha value is -1.20. The smallest absolute Gasteiger partial charge is 0.224 e. The van der Waals surface area contributed by atoms with Crippen molar-refractivity contribution in [2.75, 3.05) is 0 Å². The van der Waals surface area contributed by atoms with Crippen LogP contribution in [-0.2, 0) is 11.2 Å². The van der Waals surface area contributed by atoms with Gasteiger partial charge >= 0.3 is 0 Å². The van der Waals surface area contributed by atoms with Gasteiger partial charge in [0.15, 0.2) is 0 Å². The first kappa shape index (κ1) is 16.9. The number of benzene rings is 1. The zero-order valence-corrected chi connectivity index (χ0v) is 11.9. The molecule has 0 bridgehead atoms. The Kier molecular flexibility index (Phi) is 6.36. The molecular formula is C14H19ClF2N2O. The van der Waals surface area contributed by atoms with E-state index < -0.39 is 11.6 Å². The summed E-state index contributed by atoms with van der Waals surface area (Å²) in [6, 6.07) is 3.88. The maximum absolute atomic E-state index is 13.4. The van der Waals surface area contributed by atoms with Crippen LogP contribution in [-0.4, -0.2) is 18.0 Å². The van der Waals surface area contributed by atoms with Crippen LogP contribution in [0.4, 0.5) is 8.78 Å². The van der Waals surface area contributed by atoms with Crippen LogP contribution in [0.15, 0.2) is 18.2 Å². The summed E-state index contributed by atoms with van der Waals surface area (Å²) in [4.78, 5) is 11.8. The monoisotopic (exact) mass is 304 g/mol. The van der Waals surface area contributed by atoms with E-state index in [0.717, 1.165) is 37.8 Å². The molecule has 1 aliphatic rings. The van der Waals surface area contributed by atoms with Gasteiger partial charge < -0.3 is 11.1 Å². The van der Waals surface area contributed by atoms with Crippen LogP contribution < -0.4 is 11.1 Å². The SMILES string of the molecule is Cl.NC1CCC(NC(=O)Cc2c(F)cccc2F)CC1. The van der Waals surface area contributed by atoms with E-state index in [-0.39, 0.29) is 42.4 Å². The van der Waals surface area contributed by atoms with Gasteiger partial charge in [0.2, 0.25) is 5.91 Å². The molecule has 0 aromatic heterocycles. The summed E-state index contributed by atoms with van der Waals surface area (Å²) in [6.07, 6.45) is 3.14. The molecule has 20 heavy (non-hydrogen) atoms. The van der Waals surface area contributed by atoms with Gasteiger partial charge in [0.25, 0.3) is 0 Å². The summed E-state index contributed by atoms with van der Waals surface area (Å²) in [5.74, 6) is -1.70. The number of rotatable bonds is 3. The lowest BCUT2D eigenvalue weighted by atomic mass is 9.91. The molecule has 0 spiro atoms. The number of nitrogens with two attached hydrogens (primary N) is 1. The summed E-state index contributed by atoms with van der Waals surface area (Å²) in [5, 5.41) is 2.81. The highest BCUT2D eigenvalue weighted by molar-refractivity contribution is 5.85. The van der Waals surface area contributed by atoms with E-state index in [4.69, 9.17) is 5.73 Å². The van der Waals surface area contributed by atoms with E-state index in [1.807, 2.05) is 0 Å². The van der Waals surface area contributed by atoms with Gasteiger partial charge in [-0.05, 0) is 37.8 Å². The highest BCUT2D eigenvalue weighted by atomic mass is 35.5. The zero-order valence-electron chi connectivity index (χ0n) is 11.1. The first-order chi connectivity index (χ1) is 9.06. The molecule has 0 radical (unpaired) electrons. The molecule has 3 N–H and O–H groups in total. The van der Waals surface area contributed by atoms with Crippen LogP contribution in [0.2, 0.25) is 0 Å². The van der Waals surface area contributed by atoms with Gasteiger partial charge in [-0.3, -0.25) is 4.79 Å². The van der Waals surface area contributed by atoms with Gasteiger partial charge in [-0.15, -0.1) is 12.4 Å². The number of nitrogens with one attached hydrogen (secondary N) is 1. The first-order valence-electron chi connectivity index (χ1n) is 6.54. The molecule has 1 aromatic carbocycles. The molecule has 0 unspecified atom stereocenters. The van der Waals surface area contributed by atoms with Crippen molar-refractivity contribution in [2.45, 2.75) is 44.2 Å². The van der Waals surface area contributed by atoms with Crippen molar-refractivity contribution in [3.05, 3.63) is 35.4 Å². The largest absolute Gasteiger partial charge is 0.353 e. The van der Waals surface area contributed by atoms with E-state index in [9.17, 15) is 13.6 Å². The Morgan fingerprint density at radius 1 is 1.20 bits per heavy atom. The van der Waals surface area contributed by atoms with Gasteiger partial charge in [0, 0.05) is 17.6 Å². The van der Waals surface area contributed by atoms with E-state index in [2.05, 4.69) is 5.32 Å². The highest BCUT2D eigenvalue weighted by Crippen LogP contribution is 2.18. The lowest BCUT2D eigenvalue weighted by Crippen LogP contribution is -2.41. The van der Waals surface area contributed by atoms with Crippen molar-refractivity contribution in [2.24, 2.45) is 5.73 Å². The minimum absolute atomic E-state index is 0. The Balaban J connectivity index is 0.00000200. The zero-order chi connectivity index (χ0) is 13.8. The Labute approximate surface area is 123 Å². The fraction of sp³-hybridized carbons (Fsp3) is 0.500. The van der Waals surface area contributed by atoms with Crippen LogP contribution in [0.3, 0.4) is 0 Å². The number of carbonyl (C=O) groups excluding carboxylic acids is 1. The van der Waals surface area contributed by atoms with Crippen LogP contribution in [0.1, 0.15) is 31.2 Å². The number of halogens is 3. The van der Waals surface area contributed by atoms with Crippen molar-refractivity contribution in [1.82, 2.24) is 5.32 Å². The highest BCUT2D eigenvalue weighted by Gasteiger charge is 2.21. The third-order valence-corrected chi connectivity index (χ3v) is 3.54. The fourth-order valence-electron chi connectivity index (χ4n) is 2.40. The number of hydrogen-bond donors (Lipinski definition) is 2. The topological polar surface area (TPSA) is 55.1 Å². The number of carbonyl (C=O) groups is 1. The summed E-state index contributed by atoms with van der Waals surface area (Å²) in [7, 11) is 0. The molecule has 3 nitrogen and oxygen atoms in total. The Bertz CT molecular complexity index is 442. The van der Waals surface area contributed by atoms with Crippen molar-refractivity contribution in [1.29, 1.82) is 0 Å². The quantitative estimate of drug-likeness (QED) is 0.900. The molecule has 1 saturated carbocycles. The van der Waals surface area contributed by atoms with Crippen LogP contribution in [0, 0.1) is 11.6 Å². The maximum atomic E-state index is 13.4. The maximum Gasteiger partial charge on any atom is 0.224 e. The van der Waals surface area contributed by atoms with E-state index in [0.29, 0.717) is 0 Å². The van der Waals surface area contributed by atoms with Gasteiger partial charge in [-0.1, -0.05) is 6.07 Å². The number of amides is 1. The lowest BCUT2D eigenvalue weighted by molar-refractivity contribution is -0.121. The molecule has 1 aromatic rings. The van der Waals surface area contributed by atoms with Crippen molar-refractivity contribution >= 4 is 18.3 Å². The van der Waals surface area contributed by atoms with Gasteiger partial charge in [0.1, 0.15) is 11.6 Å². The standard InChI is InChI=1S/C14H18F2N2O.ClH/c15-12-2-1-3-13(16)11(12)8-14(19)18-10-6-4-9(17)5-7-10;/h1-3,9-10H,4-8,17H2,(H,18,19);1H. The molecule has 1 fully saturated rings. The van der Waals surface area contributed by atoms with Gasteiger partial charge in [-0.2, -0.15) is 0 Å². The third-order valence-electron chi connectivity index (χ3n) is 3.54. The fourth-order valence-corrected chi connectivity index (χ4v) is 2.40. The predicted molar refractivity (Wildman–Crippen MR) is 75.7 cm³/mol. The normalized spacial score (nSPS) is 21.9. The molecule has 0 atom stereocenters. The molecule has 1 aliphatic carbocycles. The Morgan fingerprint density at radius 3 is 2.30 bits per heavy atom. The summed E-state index contributed by atoms with van der Waals surface area (Å²) in [5.41, 5.74) is 5.61. The average Bonchev–Trinajstić information content (AvgIpc) is 2.37. The molecule has 0 aliphatic heterocycles. The van der Waals surface area contributed by atoms with Crippen molar-refractivity contribution in [3.63, 3.8) is 0 Å². The summed E-state index contributed by atoms with van der Waals surface area (Å²) >= 11 is 0. The third kappa shape index (κ3) is 4.42. The molecule has 6 heteroatoms. The summed E-state index contributed by atoms with van der Waals surface area (Å²) < 4.78 is 26.8. The van der Waals surface area contributed by atoms with Crippen LogP contribution in [0.25, 0.3) is 0 Å². The minimum atomic E-state index is -0.680.